The molecule has 1 fully saturated rings. The van der Waals surface area contributed by atoms with E-state index in [1.54, 1.807) is 12.4 Å². The average Bonchev–Trinajstić information content (AvgIpc) is 2.93. The van der Waals surface area contributed by atoms with E-state index in [1.807, 2.05) is 29.2 Å². The Hall–Kier alpha value is -2.10. The molecule has 4 heteroatoms. The fourth-order valence-electron chi connectivity index (χ4n) is 2.35. The number of anilines is 1. The number of nitrogens with zero attached hydrogens (tertiary/aromatic N) is 2. The third-order valence-corrected chi connectivity index (χ3v) is 3.32. The molecular weight excluding hydrogens is 226 g/mol. The molecule has 0 radical (unpaired) electrons. The van der Waals surface area contributed by atoms with Crippen molar-refractivity contribution in [3.8, 4) is 0 Å². The number of fused-ring (bicyclic) bond motifs is 1. The van der Waals surface area contributed by atoms with E-state index in [1.165, 1.54) is 0 Å². The first-order valence-electron chi connectivity index (χ1n) is 6.23. The van der Waals surface area contributed by atoms with E-state index in [-0.39, 0.29) is 6.03 Å². The Morgan fingerprint density at radius 1 is 1.22 bits per heavy atom. The number of nitrogens with one attached hydrogen (secondary N) is 1. The first-order valence-corrected chi connectivity index (χ1v) is 6.23. The first-order chi connectivity index (χ1) is 8.84. The van der Waals surface area contributed by atoms with Gasteiger partial charge in [0.25, 0.3) is 0 Å². The summed E-state index contributed by atoms with van der Waals surface area (Å²) < 4.78 is 0. The van der Waals surface area contributed by atoms with Crippen LogP contribution in [0.4, 0.5) is 10.5 Å². The van der Waals surface area contributed by atoms with E-state index in [0.29, 0.717) is 0 Å². The Kier molecular flexibility index (Phi) is 2.84. The lowest BCUT2D eigenvalue weighted by Crippen LogP contribution is -2.32. The highest BCUT2D eigenvalue weighted by molar-refractivity contribution is 6.01. The minimum Gasteiger partial charge on any atom is -0.325 e. The summed E-state index contributed by atoms with van der Waals surface area (Å²) in [6.07, 6.45) is 5.76. The molecule has 1 aliphatic heterocycles. The van der Waals surface area contributed by atoms with Gasteiger partial charge >= 0.3 is 6.03 Å². The minimum absolute atomic E-state index is 0.00295. The third kappa shape index (κ3) is 2.01. The van der Waals surface area contributed by atoms with Crippen LogP contribution in [-0.2, 0) is 0 Å². The molecule has 1 aliphatic rings. The van der Waals surface area contributed by atoms with Gasteiger partial charge in [0, 0.05) is 36.3 Å². The Balaban J connectivity index is 1.88. The maximum absolute atomic E-state index is 12.1. The van der Waals surface area contributed by atoms with Gasteiger partial charge in [0.15, 0.2) is 0 Å². The number of pyridine rings is 1. The maximum Gasteiger partial charge on any atom is 0.321 e. The molecule has 2 aromatic rings. The lowest BCUT2D eigenvalue weighted by Gasteiger charge is -2.17. The van der Waals surface area contributed by atoms with Gasteiger partial charge in [-0.05, 0) is 25.0 Å². The van der Waals surface area contributed by atoms with Crippen molar-refractivity contribution in [3.05, 3.63) is 36.7 Å². The Morgan fingerprint density at radius 3 is 2.89 bits per heavy atom. The van der Waals surface area contributed by atoms with Gasteiger partial charge in [-0.15, -0.1) is 0 Å². The topological polar surface area (TPSA) is 45.2 Å². The van der Waals surface area contributed by atoms with Crippen LogP contribution in [0.2, 0.25) is 0 Å². The molecule has 18 heavy (non-hydrogen) atoms. The summed E-state index contributed by atoms with van der Waals surface area (Å²) in [4.78, 5) is 18.0. The van der Waals surface area contributed by atoms with Crippen molar-refractivity contribution >= 4 is 22.5 Å². The van der Waals surface area contributed by atoms with Crippen molar-refractivity contribution in [3.63, 3.8) is 0 Å². The monoisotopic (exact) mass is 241 g/mol. The number of hydrogen-bond donors (Lipinski definition) is 1. The summed E-state index contributed by atoms with van der Waals surface area (Å²) in [5, 5.41) is 5.05. The molecule has 0 spiro atoms. The summed E-state index contributed by atoms with van der Waals surface area (Å²) in [6, 6.07) is 7.78. The number of hydrogen-bond acceptors (Lipinski definition) is 2. The average molecular weight is 241 g/mol. The predicted octanol–water partition coefficient (Wildman–Crippen LogP) is 2.86. The van der Waals surface area contributed by atoms with E-state index in [2.05, 4.69) is 10.3 Å². The third-order valence-electron chi connectivity index (χ3n) is 3.32. The highest BCUT2D eigenvalue weighted by Gasteiger charge is 2.18. The quantitative estimate of drug-likeness (QED) is 0.834. The van der Waals surface area contributed by atoms with Gasteiger partial charge in [-0.1, -0.05) is 12.1 Å². The lowest BCUT2D eigenvalue weighted by atomic mass is 10.1. The molecule has 0 bridgehead atoms. The number of carbonyl (C=O) groups is 1. The van der Waals surface area contributed by atoms with Crippen LogP contribution in [0.3, 0.4) is 0 Å². The van der Waals surface area contributed by atoms with E-state index in [9.17, 15) is 4.79 Å². The van der Waals surface area contributed by atoms with Crippen molar-refractivity contribution in [2.75, 3.05) is 18.4 Å². The van der Waals surface area contributed by atoms with Crippen molar-refractivity contribution in [1.29, 1.82) is 0 Å². The highest BCUT2D eigenvalue weighted by atomic mass is 16.2. The van der Waals surface area contributed by atoms with E-state index in [4.69, 9.17) is 0 Å². The molecule has 92 valence electrons. The predicted molar refractivity (Wildman–Crippen MR) is 71.6 cm³/mol. The largest absolute Gasteiger partial charge is 0.325 e. The normalized spacial score (nSPS) is 15.0. The molecule has 1 saturated heterocycles. The number of rotatable bonds is 1. The summed E-state index contributed by atoms with van der Waals surface area (Å²) >= 11 is 0. The zero-order valence-corrected chi connectivity index (χ0v) is 10.1. The Morgan fingerprint density at radius 2 is 2.06 bits per heavy atom. The van der Waals surface area contributed by atoms with Gasteiger partial charge in [0.1, 0.15) is 0 Å². The molecule has 2 heterocycles. The van der Waals surface area contributed by atoms with Gasteiger partial charge in [-0.2, -0.15) is 0 Å². The molecule has 1 aromatic heterocycles. The van der Waals surface area contributed by atoms with Crippen molar-refractivity contribution in [2.45, 2.75) is 12.8 Å². The van der Waals surface area contributed by atoms with Crippen LogP contribution in [-0.4, -0.2) is 29.0 Å². The maximum atomic E-state index is 12.1. The van der Waals surface area contributed by atoms with Crippen LogP contribution in [0.25, 0.3) is 10.8 Å². The van der Waals surface area contributed by atoms with Crippen molar-refractivity contribution in [1.82, 2.24) is 9.88 Å². The molecule has 1 N–H and O–H groups in total. The van der Waals surface area contributed by atoms with Gasteiger partial charge in [-0.3, -0.25) is 4.98 Å². The van der Waals surface area contributed by atoms with Crippen LogP contribution < -0.4 is 5.32 Å². The standard InChI is InChI=1S/C14H15N3O/c18-14(17-8-1-2-9-17)16-13-5-3-4-11-10-15-7-6-12(11)13/h3-7,10H,1-2,8-9H2,(H,16,18). The smallest absolute Gasteiger partial charge is 0.321 e. The number of amides is 2. The second-order valence-electron chi connectivity index (χ2n) is 4.53. The van der Waals surface area contributed by atoms with Gasteiger partial charge in [0.05, 0.1) is 5.69 Å². The fraction of sp³-hybridized carbons (Fsp3) is 0.286. The molecule has 2 amide bonds. The summed E-state index contributed by atoms with van der Waals surface area (Å²) in [7, 11) is 0. The summed E-state index contributed by atoms with van der Waals surface area (Å²) in [5.74, 6) is 0. The second-order valence-corrected chi connectivity index (χ2v) is 4.53. The fourth-order valence-corrected chi connectivity index (χ4v) is 2.35. The van der Waals surface area contributed by atoms with Crippen molar-refractivity contribution in [2.24, 2.45) is 0 Å². The number of urea groups is 1. The molecular formula is C14H15N3O. The number of benzene rings is 1. The molecule has 0 atom stereocenters. The van der Waals surface area contributed by atoms with Gasteiger partial charge in [0.2, 0.25) is 0 Å². The molecule has 4 nitrogen and oxygen atoms in total. The minimum atomic E-state index is -0.00295. The molecule has 1 aromatic carbocycles. The van der Waals surface area contributed by atoms with E-state index < -0.39 is 0 Å². The van der Waals surface area contributed by atoms with Crippen molar-refractivity contribution < 1.29 is 4.79 Å². The molecule has 0 unspecified atom stereocenters. The van der Waals surface area contributed by atoms with Gasteiger partial charge < -0.3 is 10.2 Å². The molecule has 0 saturated carbocycles. The lowest BCUT2D eigenvalue weighted by molar-refractivity contribution is 0.222. The zero-order valence-electron chi connectivity index (χ0n) is 10.1. The van der Waals surface area contributed by atoms with Crippen LogP contribution in [0, 0.1) is 0 Å². The summed E-state index contributed by atoms with van der Waals surface area (Å²) in [5.41, 5.74) is 0.854. The zero-order chi connectivity index (χ0) is 12.4. The summed E-state index contributed by atoms with van der Waals surface area (Å²) in [6.45, 7) is 1.72. The number of likely N-dealkylation sites (tertiary alicyclic amines) is 1. The second kappa shape index (κ2) is 4.64. The van der Waals surface area contributed by atoms with Crippen LogP contribution >= 0.6 is 0 Å². The number of carbonyl (C=O) groups excluding carboxylic acids is 1. The van der Waals surface area contributed by atoms with Crippen LogP contribution in [0.5, 0.6) is 0 Å². The molecule has 3 rings (SSSR count). The Bertz CT molecular complexity index is 571. The molecule has 0 aliphatic carbocycles. The SMILES string of the molecule is O=C(Nc1cccc2cnccc12)N1CCCC1. The van der Waals surface area contributed by atoms with Gasteiger partial charge in [-0.25, -0.2) is 4.79 Å². The van der Waals surface area contributed by atoms with Crippen LogP contribution in [0.1, 0.15) is 12.8 Å². The van der Waals surface area contributed by atoms with E-state index >= 15 is 0 Å². The Labute approximate surface area is 106 Å². The highest BCUT2D eigenvalue weighted by Crippen LogP contribution is 2.22. The first kappa shape index (κ1) is 11.0. The number of aromatic nitrogens is 1. The van der Waals surface area contributed by atoms with Crippen LogP contribution in [0.15, 0.2) is 36.7 Å². The van der Waals surface area contributed by atoms with E-state index in [0.717, 1.165) is 42.4 Å².